The van der Waals surface area contributed by atoms with Crippen LogP contribution in [0.3, 0.4) is 0 Å². The van der Waals surface area contributed by atoms with Crippen molar-refractivity contribution >= 4 is 17.8 Å². The Labute approximate surface area is 119 Å². The minimum absolute atomic E-state index is 0.224. The highest BCUT2D eigenvalue weighted by atomic mass is 16.5. The highest BCUT2D eigenvalue weighted by Crippen LogP contribution is 2.38. The van der Waals surface area contributed by atoms with Gasteiger partial charge in [0.2, 0.25) is 5.91 Å². The quantitative estimate of drug-likeness (QED) is 0.599. The van der Waals surface area contributed by atoms with Gasteiger partial charge >= 0.3 is 11.9 Å². The van der Waals surface area contributed by atoms with E-state index in [2.05, 4.69) is 5.32 Å². The van der Waals surface area contributed by atoms with Gasteiger partial charge in [0.1, 0.15) is 11.5 Å². The molecule has 6 nitrogen and oxygen atoms in total. The predicted octanol–water partition coefficient (Wildman–Crippen LogP) is 0.889. The van der Waals surface area contributed by atoms with E-state index in [-0.39, 0.29) is 12.5 Å². The van der Waals surface area contributed by atoms with Gasteiger partial charge in [-0.05, 0) is 26.2 Å². The van der Waals surface area contributed by atoms with E-state index < -0.39 is 35.2 Å². The summed E-state index contributed by atoms with van der Waals surface area (Å²) in [5, 5.41) is 2.62. The molecule has 0 aromatic rings. The molecule has 1 N–H and O–H groups in total. The lowest BCUT2D eigenvalue weighted by Gasteiger charge is -2.30. The second-order valence-electron chi connectivity index (χ2n) is 5.65. The number of carbonyl (C=O) groups excluding carboxylic acids is 3. The third-order valence-corrected chi connectivity index (χ3v) is 3.69. The fourth-order valence-corrected chi connectivity index (χ4v) is 2.70. The third kappa shape index (κ3) is 2.94. The lowest BCUT2D eigenvalue weighted by Crippen LogP contribution is -2.51. The van der Waals surface area contributed by atoms with E-state index in [9.17, 15) is 14.4 Å². The van der Waals surface area contributed by atoms with Crippen molar-refractivity contribution in [3.8, 4) is 0 Å². The Morgan fingerprint density at radius 2 is 2.00 bits per heavy atom. The van der Waals surface area contributed by atoms with Crippen molar-refractivity contribution < 1.29 is 23.9 Å². The summed E-state index contributed by atoms with van der Waals surface area (Å²) in [6, 6.07) is 0. The first-order chi connectivity index (χ1) is 9.27. The van der Waals surface area contributed by atoms with Crippen molar-refractivity contribution in [2.45, 2.75) is 39.7 Å². The smallest absolute Gasteiger partial charge is 0.331 e. The normalized spacial score (nSPS) is 29.2. The molecule has 0 aromatic carbocycles. The van der Waals surface area contributed by atoms with Gasteiger partial charge in [0.25, 0.3) is 0 Å². The zero-order chi connectivity index (χ0) is 15.5. The van der Waals surface area contributed by atoms with Crippen LogP contribution in [-0.4, -0.2) is 37.1 Å². The summed E-state index contributed by atoms with van der Waals surface area (Å²) in [5.74, 6) is -2.79. The van der Waals surface area contributed by atoms with Crippen molar-refractivity contribution in [1.29, 1.82) is 0 Å². The van der Waals surface area contributed by atoms with Gasteiger partial charge in [-0.15, -0.1) is 0 Å². The number of hydrogen-bond donors (Lipinski definition) is 1. The summed E-state index contributed by atoms with van der Waals surface area (Å²) in [4.78, 5) is 36.1. The molecular weight excluding hydrogens is 262 g/mol. The zero-order valence-electron chi connectivity index (χ0n) is 12.7. The predicted molar refractivity (Wildman–Crippen MR) is 71.6 cm³/mol. The van der Waals surface area contributed by atoms with E-state index in [1.807, 2.05) is 13.8 Å². The highest BCUT2D eigenvalue weighted by Gasteiger charge is 2.58. The number of methoxy groups -OCH3 is 1. The Balaban J connectivity index is 3.14. The van der Waals surface area contributed by atoms with Crippen LogP contribution in [0.5, 0.6) is 0 Å². The molecule has 1 amide bonds. The van der Waals surface area contributed by atoms with Crippen molar-refractivity contribution in [3.63, 3.8) is 0 Å². The van der Waals surface area contributed by atoms with E-state index >= 15 is 0 Å². The lowest BCUT2D eigenvalue weighted by molar-refractivity contribution is -0.153. The fraction of sp³-hybridized carbons (Fsp3) is 0.786. The average molecular weight is 285 g/mol. The maximum absolute atomic E-state index is 12.2. The average Bonchev–Trinajstić information content (AvgIpc) is 2.61. The Bertz CT molecular complexity index is 406. The minimum atomic E-state index is -1.18. The van der Waals surface area contributed by atoms with Gasteiger partial charge in [-0.3, -0.25) is 9.59 Å². The second-order valence-corrected chi connectivity index (χ2v) is 5.65. The highest BCUT2D eigenvalue weighted by molar-refractivity contribution is 6.04. The summed E-state index contributed by atoms with van der Waals surface area (Å²) in [7, 11) is 1.24. The van der Waals surface area contributed by atoms with Crippen molar-refractivity contribution in [3.05, 3.63) is 0 Å². The molecule has 6 heteroatoms. The van der Waals surface area contributed by atoms with Gasteiger partial charge in [-0.25, -0.2) is 4.79 Å². The van der Waals surface area contributed by atoms with Gasteiger partial charge in [0.05, 0.1) is 13.7 Å². The summed E-state index contributed by atoms with van der Waals surface area (Å²) < 4.78 is 9.74. The van der Waals surface area contributed by atoms with Crippen LogP contribution in [0.1, 0.15) is 34.1 Å². The van der Waals surface area contributed by atoms with Gasteiger partial charge < -0.3 is 14.8 Å². The summed E-state index contributed by atoms with van der Waals surface area (Å²) in [6.45, 7) is 7.49. The van der Waals surface area contributed by atoms with Gasteiger partial charge in [0, 0.05) is 5.92 Å². The number of rotatable bonds is 5. The van der Waals surface area contributed by atoms with Crippen LogP contribution >= 0.6 is 0 Å². The molecule has 0 saturated carbocycles. The number of carbonyl (C=O) groups is 3. The van der Waals surface area contributed by atoms with Crippen molar-refractivity contribution in [2.75, 3.05) is 13.7 Å². The summed E-state index contributed by atoms with van der Waals surface area (Å²) >= 11 is 0. The van der Waals surface area contributed by atoms with Gasteiger partial charge in [-0.2, -0.15) is 0 Å². The first kappa shape index (κ1) is 16.5. The first-order valence-corrected chi connectivity index (χ1v) is 6.85. The molecule has 1 heterocycles. The maximum atomic E-state index is 12.2. The van der Waals surface area contributed by atoms with Crippen LogP contribution in [0, 0.1) is 17.8 Å². The Kier molecular flexibility index (Phi) is 5.14. The summed E-state index contributed by atoms with van der Waals surface area (Å²) in [5.41, 5.74) is -1.18. The molecule has 1 fully saturated rings. The number of ether oxygens (including phenoxy) is 2. The molecule has 0 aliphatic carbocycles. The molecule has 1 saturated heterocycles. The Morgan fingerprint density at radius 1 is 1.40 bits per heavy atom. The van der Waals surface area contributed by atoms with Crippen LogP contribution in [0.2, 0.25) is 0 Å². The van der Waals surface area contributed by atoms with E-state index in [1.165, 1.54) is 7.11 Å². The molecule has 1 aliphatic heterocycles. The molecule has 20 heavy (non-hydrogen) atoms. The fourth-order valence-electron chi connectivity index (χ4n) is 2.70. The van der Waals surface area contributed by atoms with Crippen molar-refractivity contribution in [1.82, 2.24) is 5.32 Å². The zero-order valence-corrected chi connectivity index (χ0v) is 12.7. The Morgan fingerprint density at radius 3 is 2.45 bits per heavy atom. The molecule has 3 atom stereocenters. The molecule has 0 unspecified atom stereocenters. The van der Waals surface area contributed by atoms with Gasteiger partial charge in [-0.1, -0.05) is 13.8 Å². The topological polar surface area (TPSA) is 81.7 Å². The molecule has 0 bridgehead atoms. The monoisotopic (exact) mass is 285 g/mol. The van der Waals surface area contributed by atoms with E-state index in [0.29, 0.717) is 6.42 Å². The van der Waals surface area contributed by atoms with Crippen LogP contribution in [-0.2, 0) is 23.9 Å². The van der Waals surface area contributed by atoms with Gasteiger partial charge in [0.15, 0.2) is 0 Å². The van der Waals surface area contributed by atoms with E-state index in [1.54, 1.807) is 13.8 Å². The minimum Gasteiger partial charge on any atom is -0.468 e. The SMILES string of the molecule is CCOC(=O)[C@@]1(C)NC(=O)[C@H](C(=O)OC)[C@@H]1CC(C)C. The largest absolute Gasteiger partial charge is 0.468 e. The van der Waals surface area contributed by atoms with Crippen LogP contribution in [0.15, 0.2) is 0 Å². The lowest BCUT2D eigenvalue weighted by atomic mass is 9.76. The molecular formula is C14H23NO5. The van der Waals surface area contributed by atoms with Crippen LogP contribution < -0.4 is 5.32 Å². The molecule has 1 rings (SSSR count). The van der Waals surface area contributed by atoms with Crippen molar-refractivity contribution in [2.24, 2.45) is 17.8 Å². The molecule has 0 radical (unpaired) electrons. The number of nitrogens with one attached hydrogen (secondary N) is 1. The molecule has 0 aromatic heterocycles. The number of hydrogen-bond acceptors (Lipinski definition) is 5. The van der Waals surface area contributed by atoms with Crippen LogP contribution in [0.25, 0.3) is 0 Å². The molecule has 114 valence electrons. The first-order valence-electron chi connectivity index (χ1n) is 6.85. The Hall–Kier alpha value is -1.59. The standard InChI is InChI=1S/C14H23NO5/c1-6-20-13(18)14(4)9(7-8(2)3)10(11(16)15-14)12(17)19-5/h8-10H,6-7H2,1-5H3,(H,15,16)/t9-,10+,14-/m0/s1. The molecule has 0 spiro atoms. The molecule has 1 aliphatic rings. The summed E-state index contributed by atoms with van der Waals surface area (Å²) in [6.07, 6.45) is 0.549. The van der Waals surface area contributed by atoms with E-state index in [4.69, 9.17) is 9.47 Å². The second kappa shape index (κ2) is 6.24. The number of amides is 1. The maximum Gasteiger partial charge on any atom is 0.331 e. The third-order valence-electron chi connectivity index (χ3n) is 3.69. The number of esters is 2. The van der Waals surface area contributed by atoms with E-state index in [0.717, 1.165) is 0 Å². The van der Waals surface area contributed by atoms with Crippen LogP contribution in [0.4, 0.5) is 0 Å².